The summed E-state index contributed by atoms with van der Waals surface area (Å²) in [7, 11) is 0. The largest absolute Gasteiger partial charge is 0.492 e. The van der Waals surface area contributed by atoms with Crippen molar-refractivity contribution in [2.75, 3.05) is 18.5 Å². The summed E-state index contributed by atoms with van der Waals surface area (Å²) in [4.78, 5) is 0. The first-order chi connectivity index (χ1) is 9.79. The molecular weight excluding hydrogens is 314 g/mol. The molecule has 0 unspecified atom stereocenters. The average molecular weight is 334 g/mol. The third-order valence-electron chi connectivity index (χ3n) is 3.02. The van der Waals surface area contributed by atoms with Gasteiger partial charge in [-0.2, -0.15) is 0 Å². The molecule has 0 amide bonds. The SMILES string of the molecule is CCCc1ccc(OCCNc2ccccc2Br)cc1. The third-order valence-corrected chi connectivity index (χ3v) is 3.71. The van der Waals surface area contributed by atoms with Crippen molar-refractivity contribution in [3.8, 4) is 5.75 Å². The van der Waals surface area contributed by atoms with Crippen LogP contribution < -0.4 is 10.1 Å². The number of aryl methyl sites for hydroxylation is 1. The molecule has 0 saturated carbocycles. The summed E-state index contributed by atoms with van der Waals surface area (Å²) in [5, 5.41) is 3.34. The second kappa shape index (κ2) is 7.95. The van der Waals surface area contributed by atoms with Gasteiger partial charge in [0.2, 0.25) is 0 Å². The first-order valence-electron chi connectivity index (χ1n) is 6.99. The fourth-order valence-electron chi connectivity index (χ4n) is 2.00. The second-order valence-electron chi connectivity index (χ2n) is 4.65. The Kier molecular flexibility index (Phi) is 5.93. The molecule has 1 N–H and O–H groups in total. The molecule has 106 valence electrons. The van der Waals surface area contributed by atoms with Crippen molar-refractivity contribution < 1.29 is 4.74 Å². The number of anilines is 1. The monoisotopic (exact) mass is 333 g/mol. The van der Waals surface area contributed by atoms with E-state index < -0.39 is 0 Å². The number of ether oxygens (including phenoxy) is 1. The van der Waals surface area contributed by atoms with Gasteiger partial charge in [-0.25, -0.2) is 0 Å². The van der Waals surface area contributed by atoms with Crippen LogP contribution in [-0.2, 0) is 6.42 Å². The van der Waals surface area contributed by atoms with Crippen LogP contribution in [0.4, 0.5) is 5.69 Å². The van der Waals surface area contributed by atoms with E-state index in [2.05, 4.69) is 40.3 Å². The molecule has 0 atom stereocenters. The van der Waals surface area contributed by atoms with Crippen LogP contribution in [0.15, 0.2) is 53.0 Å². The Morgan fingerprint density at radius 2 is 1.80 bits per heavy atom. The minimum absolute atomic E-state index is 0.647. The van der Waals surface area contributed by atoms with E-state index in [-0.39, 0.29) is 0 Å². The number of halogens is 1. The maximum atomic E-state index is 5.72. The highest BCUT2D eigenvalue weighted by Crippen LogP contribution is 2.20. The molecule has 0 bridgehead atoms. The average Bonchev–Trinajstić information content (AvgIpc) is 2.47. The van der Waals surface area contributed by atoms with E-state index in [4.69, 9.17) is 4.74 Å². The molecule has 0 aliphatic heterocycles. The van der Waals surface area contributed by atoms with Gasteiger partial charge in [-0.05, 0) is 52.2 Å². The van der Waals surface area contributed by atoms with Gasteiger partial charge in [0.15, 0.2) is 0 Å². The van der Waals surface area contributed by atoms with E-state index in [9.17, 15) is 0 Å². The van der Waals surface area contributed by atoms with Crippen LogP contribution in [-0.4, -0.2) is 13.2 Å². The highest BCUT2D eigenvalue weighted by molar-refractivity contribution is 9.10. The summed E-state index contributed by atoms with van der Waals surface area (Å²) in [6.07, 6.45) is 2.31. The van der Waals surface area contributed by atoms with Gasteiger partial charge in [-0.3, -0.25) is 0 Å². The zero-order valence-corrected chi connectivity index (χ0v) is 13.3. The lowest BCUT2D eigenvalue weighted by Gasteiger charge is -2.10. The van der Waals surface area contributed by atoms with Gasteiger partial charge < -0.3 is 10.1 Å². The van der Waals surface area contributed by atoms with Crippen molar-refractivity contribution in [1.29, 1.82) is 0 Å². The second-order valence-corrected chi connectivity index (χ2v) is 5.50. The number of hydrogen-bond acceptors (Lipinski definition) is 2. The number of benzene rings is 2. The predicted molar refractivity (Wildman–Crippen MR) is 88.6 cm³/mol. The Hall–Kier alpha value is -1.48. The molecular formula is C17H20BrNO. The quantitative estimate of drug-likeness (QED) is 0.728. The summed E-state index contributed by atoms with van der Waals surface area (Å²) in [5.74, 6) is 0.929. The van der Waals surface area contributed by atoms with E-state index in [1.807, 2.05) is 36.4 Å². The van der Waals surface area contributed by atoms with Crippen LogP contribution in [0.3, 0.4) is 0 Å². The van der Waals surface area contributed by atoms with Gasteiger partial charge in [0.25, 0.3) is 0 Å². The first kappa shape index (κ1) is 14.9. The van der Waals surface area contributed by atoms with Crippen molar-refractivity contribution >= 4 is 21.6 Å². The Labute approximate surface area is 129 Å². The zero-order chi connectivity index (χ0) is 14.2. The van der Waals surface area contributed by atoms with Crippen LogP contribution in [0.1, 0.15) is 18.9 Å². The normalized spacial score (nSPS) is 10.3. The van der Waals surface area contributed by atoms with Crippen molar-refractivity contribution in [2.24, 2.45) is 0 Å². The van der Waals surface area contributed by atoms with E-state index in [0.29, 0.717) is 6.61 Å². The lowest BCUT2D eigenvalue weighted by Crippen LogP contribution is -2.11. The van der Waals surface area contributed by atoms with E-state index in [1.54, 1.807) is 0 Å². The highest BCUT2D eigenvalue weighted by atomic mass is 79.9. The molecule has 0 aliphatic rings. The number of rotatable bonds is 7. The smallest absolute Gasteiger partial charge is 0.119 e. The lowest BCUT2D eigenvalue weighted by atomic mass is 10.1. The number of nitrogens with one attached hydrogen (secondary N) is 1. The summed E-state index contributed by atoms with van der Waals surface area (Å²) in [6, 6.07) is 16.5. The molecule has 20 heavy (non-hydrogen) atoms. The van der Waals surface area contributed by atoms with Crippen LogP contribution in [0.2, 0.25) is 0 Å². The fraction of sp³-hybridized carbons (Fsp3) is 0.294. The van der Waals surface area contributed by atoms with Gasteiger partial charge >= 0.3 is 0 Å². The van der Waals surface area contributed by atoms with Crippen molar-refractivity contribution in [3.63, 3.8) is 0 Å². The lowest BCUT2D eigenvalue weighted by molar-refractivity contribution is 0.333. The molecule has 2 rings (SSSR count). The molecule has 2 aromatic carbocycles. The molecule has 0 heterocycles. The first-order valence-corrected chi connectivity index (χ1v) is 7.79. The number of para-hydroxylation sites is 1. The Balaban J connectivity index is 1.74. The van der Waals surface area contributed by atoms with Gasteiger partial charge in [0.05, 0.1) is 0 Å². The minimum Gasteiger partial charge on any atom is -0.492 e. The molecule has 0 radical (unpaired) electrons. The maximum Gasteiger partial charge on any atom is 0.119 e. The van der Waals surface area contributed by atoms with Crippen molar-refractivity contribution in [1.82, 2.24) is 0 Å². The summed E-state index contributed by atoms with van der Waals surface area (Å²) < 4.78 is 6.80. The molecule has 2 aromatic rings. The third kappa shape index (κ3) is 4.57. The molecule has 3 heteroatoms. The Morgan fingerprint density at radius 3 is 2.50 bits per heavy atom. The van der Waals surface area contributed by atoms with Crippen LogP contribution in [0.25, 0.3) is 0 Å². The fourth-order valence-corrected chi connectivity index (χ4v) is 2.43. The molecule has 0 aromatic heterocycles. The van der Waals surface area contributed by atoms with Crippen LogP contribution >= 0.6 is 15.9 Å². The van der Waals surface area contributed by atoms with Gasteiger partial charge in [0.1, 0.15) is 12.4 Å². The Bertz CT molecular complexity index is 525. The van der Waals surface area contributed by atoms with Crippen LogP contribution in [0.5, 0.6) is 5.75 Å². The minimum atomic E-state index is 0.647. The zero-order valence-electron chi connectivity index (χ0n) is 11.7. The molecule has 0 fully saturated rings. The summed E-state index contributed by atoms with van der Waals surface area (Å²) >= 11 is 3.51. The maximum absolute atomic E-state index is 5.72. The summed E-state index contributed by atoms with van der Waals surface area (Å²) in [6.45, 7) is 3.62. The predicted octanol–water partition coefficient (Wildman–Crippen LogP) is 4.89. The van der Waals surface area contributed by atoms with Crippen LogP contribution in [0, 0.1) is 0 Å². The van der Waals surface area contributed by atoms with Gasteiger partial charge in [0, 0.05) is 16.7 Å². The molecule has 0 aliphatic carbocycles. The van der Waals surface area contributed by atoms with Crippen molar-refractivity contribution in [2.45, 2.75) is 19.8 Å². The van der Waals surface area contributed by atoms with Crippen molar-refractivity contribution in [3.05, 3.63) is 58.6 Å². The highest BCUT2D eigenvalue weighted by Gasteiger charge is 1.98. The molecule has 0 spiro atoms. The standard InChI is InChI=1S/C17H20BrNO/c1-2-5-14-8-10-15(11-9-14)20-13-12-19-17-7-4-3-6-16(17)18/h3-4,6-11,19H,2,5,12-13H2,1H3. The summed E-state index contributed by atoms with van der Waals surface area (Å²) in [5.41, 5.74) is 2.46. The van der Waals surface area contributed by atoms with E-state index >= 15 is 0 Å². The molecule has 2 nitrogen and oxygen atoms in total. The van der Waals surface area contributed by atoms with E-state index in [1.165, 1.54) is 12.0 Å². The topological polar surface area (TPSA) is 21.3 Å². The number of hydrogen-bond donors (Lipinski definition) is 1. The van der Waals surface area contributed by atoms with E-state index in [0.717, 1.165) is 28.9 Å². The Morgan fingerprint density at radius 1 is 1.05 bits per heavy atom. The van der Waals surface area contributed by atoms with Gasteiger partial charge in [-0.1, -0.05) is 37.6 Å². The van der Waals surface area contributed by atoms with Gasteiger partial charge in [-0.15, -0.1) is 0 Å². The molecule has 0 saturated heterocycles.